The fraction of sp³-hybridized carbons (Fsp3) is 0.263. The molecule has 1 heterocycles. The second kappa shape index (κ2) is 6.35. The van der Waals surface area contributed by atoms with Crippen LogP contribution in [-0.2, 0) is 11.3 Å². The molecule has 0 saturated carbocycles. The lowest BCUT2D eigenvalue weighted by atomic mass is 10.1. The lowest BCUT2D eigenvalue weighted by molar-refractivity contribution is -0.125. The van der Waals surface area contributed by atoms with E-state index >= 15 is 0 Å². The van der Waals surface area contributed by atoms with Crippen molar-refractivity contribution in [3.63, 3.8) is 0 Å². The molecule has 0 radical (unpaired) electrons. The minimum Gasteiger partial charge on any atom is -0.479 e. The molecule has 0 spiro atoms. The van der Waals surface area contributed by atoms with Crippen molar-refractivity contribution in [2.75, 3.05) is 11.9 Å². The fourth-order valence-corrected chi connectivity index (χ4v) is 2.74. The molecule has 0 aliphatic carbocycles. The van der Waals surface area contributed by atoms with Gasteiger partial charge < -0.3 is 15.0 Å². The van der Waals surface area contributed by atoms with Crippen LogP contribution in [0, 0.1) is 6.92 Å². The van der Waals surface area contributed by atoms with Crippen molar-refractivity contribution in [2.24, 2.45) is 0 Å². The van der Waals surface area contributed by atoms with Crippen LogP contribution in [0.15, 0.2) is 42.5 Å². The Morgan fingerprint density at radius 1 is 1.25 bits per heavy atom. The summed E-state index contributed by atoms with van der Waals surface area (Å²) in [5.74, 6) is 0.306. The molecule has 1 atom stereocenters. The number of amides is 2. The standard InChI is InChI=1S/C19H20N2O3/c1-12-6-4-5-7-15(12)11-20-18(22)14-8-9-17-16(10-14)21(3)19(23)13(2)24-17/h4-10,13H,11H2,1-3H3,(H,20,22). The minimum absolute atomic E-state index is 0.125. The SMILES string of the molecule is Cc1ccccc1CNC(=O)c1ccc2c(c1)N(C)C(=O)C(C)O2. The Balaban J connectivity index is 1.77. The maximum absolute atomic E-state index is 12.4. The first kappa shape index (κ1) is 16.1. The number of carbonyl (C=O) groups excluding carboxylic acids is 2. The lowest BCUT2D eigenvalue weighted by Crippen LogP contribution is -2.42. The molecule has 1 unspecified atom stereocenters. The molecule has 3 rings (SSSR count). The smallest absolute Gasteiger partial charge is 0.267 e. The van der Waals surface area contributed by atoms with Crippen LogP contribution in [0.2, 0.25) is 0 Å². The van der Waals surface area contributed by atoms with E-state index < -0.39 is 6.10 Å². The normalized spacial score (nSPS) is 16.4. The molecule has 0 saturated heterocycles. The number of likely N-dealkylation sites (N-methyl/N-ethyl adjacent to an activating group) is 1. The minimum atomic E-state index is -0.511. The van der Waals surface area contributed by atoms with Gasteiger partial charge in [0.2, 0.25) is 0 Å². The van der Waals surface area contributed by atoms with Crippen molar-refractivity contribution in [3.05, 3.63) is 59.2 Å². The molecular weight excluding hydrogens is 304 g/mol. The molecule has 24 heavy (non-hydrogen) atoms. The van der Waals surface area contributed by atoms with E-state index in [-0.39, 0.29) is 11.8 Å². The predicted molar refractivity (Wildman–Crippen MR) is 92.3 cm³/mol. The van der Waals surface area contributed by atoms with Gasteiger partial charge in [-0.15, -0.1) is 0 Å². The van der Waals surface area contributed by atoms with Crippen LogP contribution in [0.3, 0.4) is 0 Å². The number of aryl methyl sites for hydroxylation is 1. The summed E-state index contributed by atoms with van der Waals surface area (Å²) in [7, 11) is 1.69. The van der Waals surface area contributed by atoms with E-state index in [2.05, 4.69) is 5.32 Å². The number of nitrogens with one attached hydrogen (secondary N) is 1. The summed E-state index contributed by atoms with van der Waals surface area (Å²) in [6.45, 7) is 4.19. The number of hydrogen-bond donors (Lipinski definition) is 1. The lowest BCUT2D eigenvalue weighted by Gasteiger charge is -2.30. The van der Waals surface area contributed by atoms with Gasteiger partial charge in [0, 0.05) is 19.2 Å². The van der Waals surface area contributed by atoms with Crippen molar-refractivity contribution < 1.29 is 14.3 Å². The quantitative estimate of drug-likeness (QED) is 0.944. The molecule has 124 valence electrons. The Morgan fingerprint density at radius 3 is 2.75 bits per heavy atom. The van der Waals surface area contributed by atoms with Crippen LogP contribution in [0.5, 0.6) is 5.75 Å². The Labute approximate surface area is 141 Å². The highest BCUT2D eigenvalue weighted by Gasteiger charge is 2.29. The van der Waals surface area contributed by atoms with Crippen molar-refractivity contribution in [1.82, 2.24) is 5.32 Å². The summed E-state index contributed by atoms with van der Waals surface area (Å²) in [4.78, 5) is 26.0. The maximum Gasteiger partial charge on any atom is 0.267 e. The van der Waals surface area contributed by atoms with E-state index in [0.717, 1.165) is 11.1 Å². The number of benzene rings is 2. The summed E-state index contributed by atoms with van der Waals surface area (Å²) in [5, 5.41) is 2.91. The maximum atomic E-state index is 12.4. The molecule has 0 bridgehead atoms. The van der Waals surface area contributed by atoms with Gasteiger partial charge in [-0.05, 0) is 43.2 Å². The van der Waals surface area contributed by atoms with Gasteiger partial charge in [-0.25, -0.2) is 0 Å². The van der Waals surface area contributed by atoms with Crippen LogP contribution in [0.1, 0.15) is 28.4 Å². The molecule has 2 aromatic carbocycles. The summed E-state index contributed by atoms with van der Waals surface area (Å²) >= 11 is 0. The first-order valence-electron chi connectivity index (χ1n) is 7.88. The van der Waals surface area contributed by atoms with Gasteiger partial charge in [0.25, 0.3) is 11.8 Å². The Hall–Kier alpha value is -2.82. The van der Waals surface area contributed by atoms with Crippen molar-refractivity contribution in [1.29, 1.82) is 0 Å². The third-order valence-corrected chi connectivity index (χ3v) is 4.27. The van der Waals surface area contributed by atoms with Gasteiger partial charge in [-0.1, -0.05) is 24.3 Å². The molecule has 1 aliphatic heterocycles. The number of hydrogen-bond acceptors (Lipinski definition) is 3. The van der Waals surface area contributed by atoms with Crippen molar-refractivity contribution in [2.45, 2.75) is 26.5 Å². The third kappa shape index (κ3) is 2.97. The van der Waals surface area contributed by atoms with E-state index in [1.165, 1.54) is 4.90 Å². The Morgan fingerprint density at radius 2 is 2.00 bits per heavy atom. The second-order valence-electron chi connectivity index (χ2n) is 5.95. The van der Waals surface area contributed by atoms with Gasteiger partial charge in [0.1, 0.15) is 5.75 Å². The summed E-state index contributed by atoms with van der Waals surface area (Å²) in [6.07, 6.45) is -0.511. The van der Waals surface area contributed by atoms with Gasteiger partial charge >= 0.3 is 0 Å². The van der Waals surface area contributed by atoms with Gasteiger partial charge in [0.05, 0.1) is 5.69 Å². The van der Waals surface area contributed by atoms with Crippen LogP contribution in [0.4, 0.5) is 5.69 Å². The van der Waals surface area contributed by atoms with E-state index in [0.29, 0.717) is 23.5 Å². The average Bonchev–Trinajstić information content (AvgIpc) is 2.58. The summed E-state index contributed by atoms with van der Waals surface area (Å²) in [6, 6.07) is 13.1. The second-order valence-corrected chi connectivity index (χ2v) is 5.95. The van der Waals surface area contributed by atoms with Crippen LogP contribution >= 0.6 is 0 Å². The third-order valence-electron chi connectivity index (χ3n) is 4.27. The van der Waals surface area contributed by atoms with Crippen molar-refractivity contribution in [3.8, 4) is 5.75 Å². The largest absolute Gasteiger partial charge is 0.479 e. The van der Waals surface area contributed by atoms with E-state index in [9.17, 15) is 9.59 Å². The molecular formula is C19H20N2O3. The Kier molecular flexibility index (Phi) is 4.25. The zero-order valence-corrected chi connectivity index (χ0v) is 14.0. The summed E-state index contributed by atoms with van der Waals surface area (Å²) < 4.78 is 5.57. The molecule has 5 heteroatoms. The average molecular weight is 324 g/mol. The zero-order valence-electron chi connectivity index (χ0n) is 14.0. The highest BCUT2D eigenvalue weighted by atomic mass is 16.5. The van der Waals surface area contributed by atoms with E-state index in [1.54, 1.807) is 32.2 Å². The number of carbonyl (C=O) groups is 2. The number of rotatable bonds is 3. The Bertz CT molecular complexity index is 801. The molecule has 1 aliphatic rings. The highest BCUT2D eigenvalue weighted by Crippen LogP contribution is 2.33. The number of anilines is 1. The summed E-state index contributed by atoms with van der Waals surface area (Å²) in [5.41, 5.74) is 3.33. The zero-order chi connectivity index (χ0) is 17.3. The molecule has 0 aromatic heterocycles. The van der Waals surface area contributed by atoms with Crippen LogP contribution < -0.4 is 15.0 Å². The van der Waals surface area contributed by atoms with Crippen LogP contribution in [0.25, 0.3) is 0 Å². The van der Waals surface area contributed by atoms with E-state index in [4.69, 9.17) is 4.74 Å². The molecule has 2 aromatic rings. The van der Waals surface area contributed by atoms with Crippen LogP contribution in [-0.4, -0.2) is 25.0 Å². The number of nitrogens with zero attached hydrogens (tertiary/aromatic N) is 1. The first-order valence-corrected chi connectivity index (χ1v) is 7.88. The number of ether oxygens (including phenoxy) is 1. The monoisotopic (exact) mass is 324 g/mol. The predicted octanol–water partition coefficient (Wildman–Crippen LogP) is 2.67. The topological polar surface area (TPSA) is 58.6 Å². The highest BCUT2D eigenvalue weighted by molar-refractivity contribution is 6.02. The van der Waals surface area contributed by atoms with Crippen molar-refractivity contribution >= 4 is 17.5 Å². The number of fused-ring (bicyclic) bond motifs is 1. The molecule has 0 fully saturated rings. The van der Waals surface area contributed by atoms with Gasteiger partial charge in [-0.3, -0.25) is 9.59 Å². The van der Waals surface area contributed by atoms with Gasteiger partial charge in [0.15, 0.2) is 6.10 Å². The van der Waals surface area contributed by atoms with E-state index in [1.807, 2.05) is 31.2 Å². The first-order chi connectivity index (χ1) is 11.5. The molecule has 5 nitrogen and oxygen atoms in total. The fourth-order valence-electron chi connectivity index (χ4n) is 2.74. The van der Waals surface area contributed by atoms with Gasteiger partial charge in [-0.2, -0.15) is 0 Å². The molecule has 1 N–H and O–H groups in total. The molecule has 2 amide bonds.